The Morgan fingerprint density at radius 2 is 2.30 bits per heavy atom. The number of hydrogen-bond donors (Lipinski definition) is 2. The third-order valence-corrected chi connectivity index (χ3v) is 2.08. The van der Waals surface area contributed by atoms with Crippen LogP contribution < -0.4 is 10.9 Å². The molecule has 0 radical (unpaired) electrons. The molecule has 1 aliphatic rings. The van der Waals surface area contributed by atoms with Crippen LogP contribution in [0.3, 0.4) is 0 Å². The van der Waals surface area contributed by atoms with Gasteiger partial charge in [-0.15, -0.1) is 0 Å². The smallest absolute Gasteiger partial charge is 0.0225 e. The van der Waals surface area contributed by atoms with Crippen molar-refractivity contribution in [2.24, 2.45) is 0 Å². The Balaban J connectivity index is 1.91. The lowest BCUT2D eigenvalue weighted by molar-refractivity contribution is 0.493. The quantitative estimate of drug-likeness (QED) is 0.580. The Bertz CT molecular complexity index is 77.3. The maximum absolute atomic E-state index is 3.27. The zero-order chi connectivity index (χ0) is 7.23. The first-order chi connectivity index (χ1) is 4.93. The molecule has 0 aromatic heterocycles. The highest BCUT2D eigenvalue weighted by molar-refractivity contribution is 4.70. The summed E-state index contributed by atoms with van der Waals surface area (Å²) < 4.78 is 0. The van der Waals surface area contributed by atoms with E-state index in [0.29, 0.717) is 0 Å². The largest absolute Gasteiger partial charge is 0.258 e. The molecule has 1 unspecified atom stereocenters. The first kappa shape index (κ1) is 8.02. The summed E-state index contributed by atoms with van der Waals surface area (Å²) in [6.45, 7) is 3.40. The minimum atomic E-state index is 0.756. The van der Waals surface area contributed by atoms with Crippen molar-refractivity contribution in [2.75, 3.05) is 6.54 Å². The van der Waals surface area contributed by atoms with Gasteiger partial charge in [0.2, 0.25) is 0 Å². The van der Waals surface area contributed by atoms with Gasteiger partial charge in [-0.2, -0.15) is 0 Å². The normalized spacial score (nSPS) is 25.5. The topological polar surface area (TPSA) is 24.1 Å². The van der Waals surface area contributed by atoms with Gasteiger partial charge >= 0.3 is 0 Å². The molecule has 2 N–H and O–H groups in total. The zero-order valence-corrected chi connectivity index (χ0v) is 6.82. The fourth-order valence-corrected chi connectivity index (χ4v) is 1.39. The second kappa shape index (κ2) is 4.69. The second-order valence-electron chi connectivity index (χ2n) is 3.05. The van der Waals surface area contributed by atoms with E-state index in [1.807, 2.05) is 0 Å². The van der Waals surface area contributed by atoms with Crippen molar-refractivity contribution in [1.82, 2.24) is 10.9 Å². The van der Waals surface area contributed by atoms with Crippen molar-refractivity contribution in [1.29, 1.82) is 0 Å². The summed E-state index contributed by atoms with van der Waals surface area (Å²) in [5.41, 5.74) is 6.41. The molecule has 0 amide bonds. The van der Waals surface area contributed by atoms with Crippen LogP contribution in [0.5, 0.6) is 0 Å². The Morgan fingerprint density at radius 1 is 1.40 bits per heavy atom. The number of unbranched alkanes of at least 4 members (excludes halogenated alkanes) is 2. The summed E-state index contributed by atoms with van der Waals surface area (Å²) in [7, 11) is 0. The highest BCUT2D eigenvalue weighted by Gasteiger charge is 2.11. The third kappa shape index (κ3) is 2.67. The highest BCUT2D eigenvalue weighted by atomic mass is 15.4. The van der Waals surface area contributed by atoms with E-state index in [1.165, 1.54) is 32.1 Å². The molecule has 1 heterocycles. The van der Waals surface area contributed by atoms with Gasteiger partial charge < -0.3 is 0 Å². The number of rotatable bonds is 4. The third-order valence-electron chi connectivity index (χ3n) is 2.08. The van der Waals surface area contributed by atoms with E-state index in [-0.39, 0.29) is 0 Å². The summed E-state index contributed by atoms with van der Waals surface area (Å²) >= 11 is 0. The molecule has 0 aromatic rings. The van der Waals surface area contributed by atoms with E-state index in [0.717, 1.165) is 12.6 Å². The van der Waals surface area contributed by atoms with Crippen LogP contribution in [0.1, 0.15) is 39.0 Å². The van der Waals surface area contributed by atoms with Crippen molar-refractivity contribution < 1.29 is 0 Å². The number of nitrogens with one attached hydrogen (secondary N) is 2. The Morgan fingerprint density at radius 3 is 2.90 bits per heavy atom. The lowest BCUT2D eigenvalue weighted by Gasteiger charge is -2.07. The molecular formula is C8H18N2. The lowest BCUT2D eigenvalue weighted by Crippen LogP contribution is -2.29. The number of hydrazine groups is 1. The van der Waals surface area contributed by atoms with E-state index in [4.69, 9.17) is 0 Å². The SMILES string of the molecule is CCCCCC1CCNN1. The predicted octanol–water partition coefficient (Wildman–Crippen LogP) is 1.43. The van der Waals surface area contributed by atoms with E-state index in [1.54, 1.807) is 0 Å². The van der Waals surface area contributed by atoms with Crippen molar-refractivity contribution in [3.63, 3.8) is 0 Å². The first-order valence-electron chi connectivity index (χ1n) is 4.42. The van der Waals surface area contributed by atoms with Gasteiger partial charge in [-0.25, -0.2) is 0 Å². The van der Waals surface area contributed by atoms with Crippen LogP contribution in [0.15, 0.2) is 0 Å². The zero-order valence-electron chi connectivity index (χ0n) is 6.82. The highest BCUT2D eigenvalue weighted by Crippen LogP contribution is 2.07. The summed E-state index contributed by atoms with van der Waals surface area (Å²) in [4.78, 5) is 0. The van der Waals surface area contributed by atoms with Gasteiger partial charge in [0.1, 0.15) is 0 Å². The summed E-state index contributed by atoms with van der Waals surface area (Å²) in [6, 6.07) is 0.756. The fraction of sp³-hybridized carbons (Fsp3) is 1.00. The van der Waals surface area contributed by atoms with E-state index >= 15 is 0 Å². The first-order valence-corrected chi connectivity index (χ1v) is 4.42. The minimum Gasteiger partial charge on any atom is -0.258 e. The van der Waals surface area contributed by atoms with Crippen molar-refractivity contribution in [3.05, 3.63) is 0 Å². The van der Waals surface area contributed by atoms with Gasteiger partial charge in [-0.3, -0.25) is 10.9 Å². The molecular weight excluding hydrogens is 124 g/mol. The number of hydrogen-bond acceptors (Lipinski definition) is 2. The standard InChI is InChI=1S/C8H18N2/c1-2-3-4-5-8-6-7-9-10-8/h8-10H,2-7H2,1H3. The van der Waals surface area contributed by atoms with E-state index in [2.05, 4.69) is 17.8 Å². The maximum atomic E-state index is 3.27. The van der Waals surface area contributed by atoms with Crippen molar-refractivity contribution in [3.8, 4) is 0 Å². The molecule has 1 rings (SSSR count). The van der Waals surface area contributed by atoms with Gasteiger partial charge in [-0.05, 0) is 12.8 Å². The molecule has 60 valence electrons. The van der Waals surface area contributed by atoms with Gasteiger partial charge in [0.05, 0.1) is 0 Å². The summed E-state index contributed by atoms with van der Waals surface area (Å²) in [5, 5.41) is 0. The van der Waals surface area contributed by atoms with Crippen LogP contribution in [-0.2, 0) is 0 Å². The van der Waals surface area contributed by atoms with Crippen molar-refractivity contribution in [2.45, 2.75) is 45.1 Å². The molecule has 2 heteroatoms. The summed E-state index contributed by atoms with van der Waals surface area (Å²) in [5.74, 6) is 0. The van der Waals surface area contributed by atoms with Gasteiger partial charge in [-0.1, -0.05) is 26.2 Å². The molecule has 0 bridgehead atoms. The molecule has 0 aliphatic carbocycles. The molecule has 0 aromatic carbocycles. The van der Waals surface area contributed by atoms with Crippen LogP contribution in [0.25, 0.3) is 0 Å². The van der Waals surface area contributed by atoms with Gasteiger partial charge in [0.15, 0.2) is 0 Å². The molecule has 10 heavy (non-hydrogen) atoms. The van der Waals surface area contributed by atoms with E-state index < -0.39 is 0 Å². The molecule has 2 nitrogen and oxygen atoms in total. The van der Waals surface area contributed by atoms with Crippen LogP contribution in [0.2, 0.25) is 0 Å². The Hall–Kier alpha value is -0.0800. The average molecular weight is 142 g/mol. The fourth-order valence-electron chi connectivity index (χ4n) is 1.39. The van der Waals surface area contributed by atoms with Crippen LogP contribution in [0.4, 0.5) is 0 Å². The predicted molar refractivity (Wildman–Crippen MR) is 43.7 cm³/mol. The molecule has 1 saturated heterocycles. The Labute approximate surface area is 63.4 Å². The molecule has 1 atom stereocenters. The second-order valence-corrected chi connectivity index (χ2v) is 3.05. The maximum Gasteiger partial charge on any atom is 0.0225 e. The van der Waals surface area contributed by atoms with Crippen molar-refractivity contribution >= 4 is 0 Å². The lowest BCUT2D eigenvalue weighted by atomic mass is 10.1. The van der Waals surface area contributed by atoms with Gasteiger partial charge in [0.25, 0.3) is 0 Å². The molecule has 1 fully saturated rings. The van der Waals surface area contributed by atoms with Crippen LogP contribution >= 0.6 is 0 Å². The summed E-state index contributed by atoms with van der Waals surface area (Å²) in [6.07, 6.45) is 6.76. The average Bonchev–Trinajstić information content (AvgIpc) is 2.41. The monoisotopic (exact) mass is 142 g/mol. The molecule has 1 aliphatic heterocycles. The molecule has 0 saturated carbocycles. The van der Waals surface area contributed by atoms with Gasteiger partial charge in [0, 0.05) is 12.6 Å². The minimum absolute atomic E-state index is 0.756. The Kier molecular flexibility index (Phi) is 3.76. The van der Waals surface area contributed by atoms with Crippen LogP contribution in [-0.4, -0.2) is 12.6 Å². The van der Waals surface area contributed by atoms with E-state index in [9.17, 15) is 0 Å². The van der Waals surface area contributed by atoms with Crippen LogP contribution in [0, 0.1) is 0 Å². The molecule has 0 spiro atoms.